The third-order valence-electron chi connectivity index (χ3n) is 4.94. The third-order valence-corrected chi connectivity index (χ3v) is 6.56. The van der Waals surface area contributed by atoms with Crippen LogP contribution in [0.4, 0.5) is 0 Å². The van der Waals surface area contributed by atoms with E-state index in [1.165, 1.54) is 0 Å². The highest BCUT2D eigenvalue weighted by Crippen LogP contribution is 2.31. The Kier molecular flexibility index (Phi) is 5.88. The predicted octanol–water partition coefficient (Wildman–Crippen LogP) is 5.71. The van der Waals surface area contributed by atoms with Gasteiger partial charge in [-0.3, -0.25) is 4.98 Å². The normalized spacial score (nSPS) is 14.0. The molecule has 2 atom stereocenters. The highest BCUT2D eigenvalue weighted by molar-refractivity contribution is 7.90. The number of nitrogens with zero attached hydrogens (tertiary/aromatic N) is 1. The fraction of sp³-hybridized carbons (Fsp3) is 0.125. The number of hydrogen-bond acceptors (Lipinski definition) is 5. The van der Waals surface area contributed by atoms with E-state index in [0.717, 1.165) is 22.2 Å². The Morgan fingerprint density at radius 2 is 1.68 bits per heavy atom. The lowest BCUT2D eigenvalue weighted by atomic mass is 10.1. The van der Waals surface area contributed by atoms with Gasteiger partial charge in [0, 0.05) is 23.7 Å². The molecule has 0 saturated heterocycles. The lowest BCUT2D eigenvalue weighted by Gasteiger charge is -2.17. The van der Waals surface area contributed by atoms with Crippen LogP contribution in [0.25, 0.3) is 10.9 Å². The van der Waals surface area contributed by atoms with Gasteiger partial charge in [0.05, 0.1) is 17.5 Å². The van der Waals surface area contributed by atoms with E-state index in [1.807, 2.05) is 55.5 Å². The maximum Gasteiger partial charge on any atom is 0.138 e. The first-order valence-electron chi connectivity index (χ1n) is 9.78. The van der Waals surface area contributed by atoms with Crippen LogP contribution >= 0.6 is 0 Å². The summed E-state index contributed by atoms with van der Waals surface area (Å²) < 4.78 is 35.5. The van der Waals surface area contributed by atoms with Crippen molar-refractivity contribution in [3.8, 4) is 17.2 Å². The van der Waals surface area contributed by atoms with Crippen molar-refractivity contribution in [1.29, 1.82) is 4.78 Å². The second kappa shape index (κ2) is 8.75. The van der Waals surface area contributed by atoms with E-state index in [-0.39, 0.29) is 6.04 Å². The van der Waals surface area contributed by atoms with Gasteiger partial charge in [0.2, 0.25) is 0 Å². The van der Waals surface area contributed by atoms with E-state index in [2.05, 4.69) is 9.71 Å². The van der Waals surface area contributed by atoms with Crippen LogP contribution in [-0.2, 0) is 9.92 Å². The monoisotopic (exact) mass is 433 g/mol. The number of rotatable bonds is 7. The predicted molar refractivity (Wildman–Crippen MR) is 122 cm³/mol. The molecule has 31 heavy (non-hydrogen) atoms. The van der Waals surface area contributed by atoms with Gasteiger partial charge in [0.1, 0.15) is 27.2 Å². The highest BCUT2D eigenvalue weighted by atomic mass is 32.2. The number of fused-ring (bicyclic) bond motifs is 1. The molecule has 0 radical (unpaired) electrons. The summed E-state index contributed by atoms with van der Waals surface area (Å²) >= 11 is 0. The van der Waals surface area contributed by atoms with Crippen LogP contribution < -0.4 is 14.2 Å². The van der Waals surface area contributed by atoms with E-state index >= 15 is 0 Å². The third kappa shape index (κ3) is 4.68. The molecule has 0 spiro atoms. The summed E-state index contributed by atoms with van der Waals surface area (Å²) in [5.74, 6) is 1.96. The zero-order valence-corrected chi connectivity index (χ0v) is 18.1. The first kappa shape index (κ1) is 20.8. The Bertz CT molecular complexity index is 1290. The average molecular weight is 434 g/mol. The Labute approximate surface area is 182 Å². The lowest BCUT2D eigenvalue weighted by Crippen LogP contribution is -2.25. The molecule has 0 saturated carbocycles. The summed E-state index contributed by atoms with van der Waals surface area (Å²) in [6.45, 7) is 1.89. The molecule has 4 rings (SSSR count). The van der Waals surface area contributed by atoms with Gasteiger partial charge < -0.3 is 9.47 Å². The van der Waals surface area contributed by atoms with Crippen molar-refractivity contribution in [1.82, 2.24) is 9.71 Å². The zero-order chi connectivity index (χ0) is 21.8. The maximum absolute atomic E-state index is 13.0. The molecule has 1 heterocycles. The molecule has 6 nitrogen and oxygen atoms in total. The number of aromatic nitrogens is 1. The fourth-order valence-corrected chi connectivity index (χ4v) is 4.56. The zero-order valence-electron chi connectivity index (χ0n) is 17.2. The Morgan fingerprint density at radius 1 is 0.968 bits per heavy atom. The first-order chi connectivity index (χ1) is 15.0. The second-order valence-electron chi connectivity index (χ2n) is 7.07. The van der Waals surface area contributed by atoms with Crippen molar-refractivity contribution in [2.75, 3.05) is 7.11 Å². The topological polar surface area (TPSA) is 84.3 Å². The number of nitrogens with one attached hydrogen (secondary N) is 2. The summed E-state index contributed by atoms with van der Waals surface area (Å²) in [6.07, 6.45) is 1.68. The summed E-state index contributed by atoms with van der Waals surface area (Å²) in [5.41, 5.74) is 1.74. The van der Waals surface area contributed by atoms with Gasteiger partial charge in [0.15, 0.2) is 0 Å². The van der Waals surface area contributed by atoms with Gasteiger partial charge in [-0.05, 0) is 55.0 Å². The average Bonchev–Trinajstić information content (AvgIpc) is 2.79. The van der Waals surface area contributed by atoms with Gasteiger partial charge in [-0.2, -0.15) is 0 Å². The molecule has 0 aliphatic carbocycles. The smallest absolute Gasteiger partial charge is 0.138 e. The molecule has 2 unspecified atom stereocenters. The molecule has 0 amide bonds. The number of benzene rings is 3. The molecule has 0 aliphatic heterocycles. The number of methoxy groups -OCH3 is 1. The van der Waals surface area contributed by atoms with Crippen LogP contribution in [0, 0.1) is 4.78 Å². The van der Waals surface area contributed by atoms with E-state index in [0.29, 0.717) is 16.4 Å². The second-order valence-corrected chi connectivity index (χ2v) is 8.89. The molecular formula is C24H23N3O3S. The highest BCUT2D eigenvalue weighted by Gasteiger charge is 2.15. The van der Waals surface area contributed by atoms with Crippen LogP contribution in [0.2, 0.25) is 0 Å². The van der Waals surface area contributed by atoms with Crippen molar-refractivity contribution < 1.29 is 13.7 Å². The van der Waals surface area contributed by atoms with Crippen LogP contribution in [-0.4, -0.2) is 16.3 Å². The van der Waals surface area contributed by atoms with Gasteiger partial charge in [-0.15, -0.1) is 0 Å². The quantitative estimate of drug-likeness (QED) is 0.391. The minimum atomic E-state index is -3.17. The van der Waals surface area contributed by atoms with Crippen molar-refractivity contribution in [2.24, 2.45) is 0 Å². The minimum Gasteiger partial charge on any atom is -0.497 e. The Balaban J connectivity index is 1.53. The molecule has 7 heteroatoms. The fourth-order valence-electron chi connectivity index (χ4n) is 3.27. The Morgan fingerprint density at radius 3 is 2.39 bits per heavy atom. The largest absolute Gasteiger partial charge is 0.497 e. The van der Waals surface area contributed by atoms with Gasteiger partial charge in [-0.25, -0.2) is 13.7 Å². The van der Waals surface area contributed by atoms with Crippen LogP contribution in [0.5, 0.6) is 17.2 Å². The minimum absolute atomic E-state index is 0.220. The molecule has 158 valence electrons. The molecule has 3 aromatic carbocycles. The molecule has 1 aromatic heterocycles. The Hall–Kier alpha value is -3.42. The SMILES string of the molecule is COc1ccc2c(Oc3ccc(S(=N)(=O)NC(C)c4ccccc4)cc3)ccnc2c1. The van der Waals surface area contributed by atoms with E-state index in [4.69, 9.17) is 14.3 Å². The number of ether oxygens (including phenoxy) is 2. The van der Waals surface area contributed by atoms with E-state index in [1.54, 1.807) is 43.6 Å². The summed E-state index contributed by atoms with van der Waals surface area (Å²) in [7, 11) is -1.56. The summed E-state index contributed by atoms with van der Waals surface area (Å²) in [6, 6.07) is 23.6. The van der Waals surface area contributed by atoms with Crippen molar-refractivity contribution >= 4 is 20.8 Å². The number of pyridine rings is 1. The molecular weight excluding hydrogens is 410 g/mol. The maximum atomic E-state index is 13.0. The van der Waals surface area contributed by atoms with E-state index < -0.39 is 9.92 Å². The van der Waals surface area contributed by atoms with Crippen molar-refractivity contribution in [3.05, 3.63) is 90.6 Å². The van der Waals surface area contributed by atoms with Gasteiger partial charge in [0.25, 0.3) is 0 Å². The first-order valence-corrected chi connectivity index (χ1v) is 11.3. The van der Waals surface area contributed by atoms with Gasteiger partial charge >= 0.3 is 0 Å². The van der Waals surface area contributed by atoms with Crippen molar-refractivity contribution in [2.45, 2.75) is 17.9 Å². The number of hydrogen-bond donors (Lipinski definition) is 2. The molecule has 2 N–H and O–H groups in total. The summed E-state index contributed by atoms with van der Waals surface area (Å²) in [4.78, 5) is 4.76. The van der Waals surface area contributed by atoms with Crippen molar-refractivity contribution in [3.63, 3.8) is 0 Å². The molecule has 4 aromatic rings. The summed E-state index contributed by atoms with van der Waals surface area (Å²) in [5, 5.41) is 0.856. The van der Waals surface area contributed by atoms with Crippen LogP contribution in [0.15, 0.2) is 90.0 Å². The molecule has 0 aliphatic rings. The van der Waals surface area contributed by atoms with E-state index in [9.17, 15) is 4.21 Å². The molecule has 0 bridgehead atoms. The standard InChI is InChI=1S/C24H23N3O3S/c1-17(18-6-4-3-5-7-18)27-31(25,28)21-11-8-19(9-12-21)30-24-14-15-26-23-16-20(29-2)10-13-22(23)24/h3-17H,1-2H3,(H2,25,27,28). The lowest BCUT2D eigenvalue weighted by molar-refractivity contribution is 0.415. The van der Waals surface area contributed by atoms with Crippen LogP contribution in [0.1, 0.15) is 18.5 Å². The molecule has 0 fully saturated rings. The van der Waals surface area contributed by atoms with Crippen LogP contribution in [0.3, 0.4) is 0 Å². The van der Waals surface area contributed by atoms with Gasteiger partial charge in [-0.1, -0.05) is 30.3 Å².